The van der Waals surface area contributed by atoms with Crippen molar-refractivity contribution in [3.05, 3.63) is 34.4 Å². The maximum absolute atomic E-state index is 11.5. The van der Waals surface area contributed by atoms with E-state index in [4.69, 9.17) is 10.5 Å². The molecule has 138 valence electrons. The summed E-state index contributed by atoms with van der Waals surface area (Å²) in [5.74, 6) is 0.871. The van der Waals surface area contributed by atoms with Crippen LogP contribution < -0.4 is 20.7 Å². The standard InChI is InChI=1S/C17H22N6O3/c1-26-13-9-5-4-8-12(13)19-16-14(23(24)25)15(18)20-17(21-16)22-10-6-2-3-7-11-22/h4-5,8-9H,2-3,6-7,10-11H2,1H3,(H3,18,19,20,21). The van der Waals surface area contributed by atoms with Crippen molar-refractivity contribution in [2.45, 2.75) is 25.7 Å². The van der Waals surface area contributed by atoms with Gasteiger partial charge in [-0.25, -0.2) is 0 Å². The smallest absolute Gasteiger partial charge is 0.353 e. The van der Waals surface area contributed by atoms with Crippen LogP contribution in [0.5, 0.6) is 5.75 Å². The molecule has 1 aliphatic rings. The van der Waals surface area contributed by atoms with E-state index >= 15 is 0 Å². The summed E-state index contributed by atoms with van der Waals surface area (Å²) in [5.41, 5.74) is 6.13. The first-order valence-corrected chi connectivity index (χ1v) is 8.57. The summed E-state index contributed by atoms with van der Waals surface area (Å²) in [4.78, 5) is 21.6. The number of benzene rings is 1. The number of nitrogens with two attached hydrogens (primary N) is 1. The van der Waals surface area contributed by atoms with Crippen LogP contribution in [0.25, 0.3) is 0 Å². The first-order valence-electron chi connectivity index (χ1n) is 8.57. The molecule has 3 N–H and O–H groups in total. The number of methoxy groups -OCH3 is 1. The Balaban J connectivity index is 2.02. The maximum atomic E-state index is 11.5. The molecule has 0 atom stereocenters. The van der Waals surface area contributed by atoms with Crippen molar-refractivity contribution in [2.24, 2.45) is 0 Å². The van der Waals surface area contributed by atoms with E-state index in [0.29, 0.717) is 17.4 Å². The number of para-hydroxylation sites is 2. The molecule has 0 aliphatic carbocycles. The first kappa shape index (κ1) is 17.7. The van der Waals surface area contributed by atoms with Gasteiger partial charge in [-0.15, -0.1) is 0 Å². The van der Waals surface area contributed by atoms with Gasteiger partial charge in [0.05, 0.1) is 17.7 Å². The molecule has 2 heterocycles. The van der Waals surface area contributed by atoms with Crippen LogP contribution >= 0.6 is 0 Å². The second-order valence-corrected chi connectivity index (χ2v) is 6.09. The fraction of sp³-hybridized carbons (Fsp3) is 0.412. The van der Waals surface area contributed by atoms with Crippen LogP contribution in [-0.2, 0) is 0 Å². The van der Waals surface area contributed by atoms with Crippen molar-refractivity contribution in [2.75, 3.05) is 36.1 Å². The van der Waals surface area contributed by atoms with Gasteiger partial charge >= 0.3 is 5.69 Å². The lowest BCUT2D eigenvalue weighted by Crippen LogP contribution is -2.26. The van der Waals surface area contributed by atoms with Gasteiger partial charge in [0, 0.05) is 13.1 Å². The SMILES string of the molecule is COc1ccccc1Nc1nc(N2CCCCCC2)nc(N)c1[N+](=O)[O-]. The average molecular weight is 358 g/mol. The quantitative estimate of drug-likeness (QED) is 0.618. The number of anilines is 4. The summed E-state index contributed by atoms with van der Waals surface area (Å²) in [6.45, 7) is 1.62. The molecule has 1 aromatic heterocycles. The predicted octanol–water partition coefficient (Wildman–Crippen LogP) is 3.10. The number of hydrogen-bond acceptors (Lipinski definition) is 8. The number of aromatic nitrogens is 2. The molecule has 26 heavy (non-hydrogen) atoms. The molecule has 0 radical (unpaired) electrons. The highest BCUT2D eigenvalue weighted by atomic mass is 16.6. The van der Waals surface area contributed by atoms with Crippen LogP contribution in [0.15, 0.2) is 24.3 Å². The zero-order valence-electron chi connectivity index (χ0n) is 14.6. The van der Waals surface area contributed by atoms with Crippen molar-refractivity contribution in [3.63, 3.8) is 0 Å². The van der Waals surface area contributed by atoms with Crippen LogP contribution in [0.4, 0.5) is 29.0 Å². The van der Waals surface area contributed by atoms with Gasteiger partial charge in [0.2, 0.25) is 17.6 Å². The highest BCUT2D eigenvalue weighted by Gasteiger charge is 2.26. The molecule has 0 unspecified atom stereocenters. The molecule has 2 aromatic rings. The summed E-state index contributed by atoms with van der Waals surface area (Å²) in [6, 6.07) is 7.13. The van der Waals surface area contributed by atoms with Gasteiger partial charge in [-0.1, -0.05) is 25.0 Å². The Morgan fingerprint density at radius 2 is 1.88 bits per heavy atom. The fourth-order valence-corrected chi connectivity index (χ4v) is 3.01. The Hall–Kier alpha value is -3.10. The number of nitrogens with one attached hydrogen (secondary N) is 1. The second-order valence-electron chi connectivity index (χ2n) is 6.09. The summed E-state index contributed by atoms with van der Waals surface area (Å²) in [7, 11) is 1.53. The third-order valence-corrected chi connectivity index (χ3v) is 4.33. The van der Waals surface area contributed by atoms with Crippen LogP contribution in [-0.4, -0.2) is 35.1 Å². The molecular weight excluding hydrogens is 336 g/mol. The molecule has 3 rings (SSSR count). The number of ether oxygens (including phenoxy) is 1. The number of nitro groups is 1. The zero-order chi connectivity index (χ0) is 18.5. The zero-order valence-corrected chi connectivity index (χ0v) is 14.6. The van der Waals surface area contributed by atoms with Crippen molar-refractivity contribution in [3.8, 4) is 5.75 Å². The van der Waals surface area contributed by atoms with E-state index in [2.05, 4.69) is 15.3 Å². The monoisotopic (exact) mass is 358 g/mol. The van der Waals surface area contributed by atoms with E-state index in [1.165, 1.54) is 7.11 Å². The van der Waals surface area contributed by atoms with Crippen LogP contribution in [0.3, 0.4) is 0 Å². The minimum absolute atomic E-state index is 0.0613. The van der Waals surface area contributed by atoms with Crippen molar-refractivity contribution < 1.29 is 9.66 Å². The van der Waals surface area contributed by atoms with Crippen molar-refractivity contribution in [1.82, 2.24) is 9.97 Å². The van der Waals surface area contributed by atoms with Gasteiger partial charge in [0.1, 0.15) is 5.75 Å². The molecule has 9 heteroatoms. The second kappa shape index (κ2) is 7.85. The molecular formula is C17H22N6O3. The number of rotatable bonds is 5. The third-order valence-electron chi connectivity index (χ3n) is 4.33. The summed E-state index contributed by atoms with van der Waals surface area (Å²) in [5, 5.41) is 14.5. The van der Waals surface area contributed by atoms with E-state index in [1.807, 2.05) is 11.0 Å². The van der Waals surface area contributed by atoms with E-state index in [1.54, 1.807) is 18.2 Å². The van der Waals surface area contributed by atoms with Gasteiger partial charge in [-0.2, -0.15) is 9.97 Å². The molecule has 1 fully saturated rings. The maximum Gasteiger partial charge on any atom is 0.353 e. The first-order chi connectivity index (χ1) is 12.6. The Kier molecular flexibility index (Phi) is 5.35. The number of nitrogens with zero attached hydrogens (tertiary/aromatic N) is 4. The molecule has 1 aromatic carbocycles. The normalized spacial score (nSPS) is 14.6. The van der Waals surface area contributed by atoms with Crippen LogP contribution in [0, 0.1) is 10.1 Å². The van der Waals surface area contributed by atoms with Crippen molar-refractivity contribution >= 4 is 29.0 Å². The fourth-order valence-electron chi connectivity index (χ4n) is 3.01. The summed E-state index contributed by atoms with van der Waals surface area (Å²) < 4.78 is 5.29. The van der Waals surface area contributed by atoms with E-state index < -0.39 is 4.92 Å². The van der Waals surface area contributed by atoms with Gasteiger partial charge in [0.15, 0.2) is 0 Å². The topological polar surface area (TPSA) is 119 Å². The Labute approximate surface area is 151 Å². The molecule has 0 saturated carbocycles. The van der Waals surface area contributed by atoms with Gasteiger partial charge in [-0.3, -0.25) is 10.1 Å². The van der Waals surface area contributed by atoms with Crippen LogP contribution in [0.1, 0.15) is 25.7 Å². The van der Waals surface area contributed by atoms with E-state index in [-0.39, 0.29) is 17.3 Å². The largest absolute Gasteiger partial charge is 0.495 e. The summed E-state index contributed by atoms with van der Waals surface area (Å²) in [6.07, 6.45) is 4.39. The highest BCUT2D eigenvalue weighted by Crippen LogP contribution is 2.35. The van der Waals surface area contributed by atoms with Crippen molar-refractivity contribution in [1.29, 1.82) is 0 Å². The molecule has 0 amide bonds. The van der Waals surface area contributed by atoms with E-state index in [9.17, 15) is 10.1 Å². The third kappa shape index (κ3) is 3.76. The number of nitrogen functional groups attached to an aromatic ring is 1. The Morgan fingerprint density at radius 3 is 2.54 bits per heavy atom. The minimum Gasteiger partial charge on any atom is -0.495 e. The van der Waals surface area contributed by atoms with E-state index in [0.717, 1.165) is 38.8 Å². The molecule has 0 spiro atoms. The molecule has 1 saturated heterocycles. The Morgan fingerprint density at radius 1 is 1.19 bits per heavy atom. The molecule has 9 nitrogen and oxygen atoms in total. The van der Waals surface area contributed by atoms with Gasteiger partial charge < -0.3 is 20.7 Å². The molecule has 0 bridgehead atoms. The summed E-state index contributed by atoms with van der Waals surface area (Å²) >= 11 is 0. The Bertz CT molecular complexity index is 790. The lowest BCUT2D eigenvalue weighted by Gasteiger charge is -2.21. The van der Waals surface area contributed by atoms with Gasteiger partial charge in [-0.05, 0) is 25.0 Å². The van der Waals surface area contributed by atoms with Gasteiger partial charge in [0.25, 0.3) is 0 Å². The van der Waals surface area contributed by atoms with Crippen LogP contribution in [0.2, 0.25) is 0 Å². The minimum atomic E-state index is -0.570. The molecule has 1 aliphatic heterocycles. The highest BCUT2D eigenvalue weighted by molar-refractivity contribution is 5.76. The predicted molar refractivity (Wildman–Crippen MR) is 100 cm³/mol. The lowest BCUT2D eigenvalue weighted by atomic mass is 10.2. The number of hydrogen-bond donors (Lipinski definition) is 2. The average Bonchev–Trinajstić information content (AvgIpc) is 2.91. The lowest BCUT2D eigenvalue weighted by molar-refractivity contribution is -0.383.